The predicted octanol–water partition coefficient (Wildman–Crippen LogP) is 2.54. The zero-order chi connectivity index (χ0) is 13.8. The van der Waals surface area contributed by atoms with Crippen LogP contribution in [0.15, 0.2) is 18.2 Å². The average molecular weight is 284 g/mol. The summed E-state index contributed by atoms with van der Waals surface area (Å²) in [7, 11) is 1.70. The van der Waals surface area contributed by atoms with Gasteiger partial charge in [0, 0.05) is 20.2 Å². The molecule has 5 heteroatoms. The van der Waals surface area contributed by atoms with Crippen LogP contribution in [0.25, 0.3) is 0 Å². The topological polar surface area (TPSA) is 49.8 Å². The highest BCUT2D eigenvalue weighted by Gasteiger charge is 2.21. The molecule has 2 rings (SSSR count). The SMILES string of the molecule is CN(CCOCC1CC1)C(=O)c1cc(O)ccc1Cl. The molecule has 0 unspecified atom stereocenters. The van der Waals surface area contributed by atoms with Gasteiger partial charge in [0.1, 0.15) is 5.75 Å². The summed E-state index contributed by atoms with van der Waals surface area (Å²) >= 11 is 5.96. The Morgan fingerprint density at radius 2 is 2.26 bits per heavy atom. The van der Waals surface area contributed by atoms with E-state index in [4.69, 9.17) is 16.3 Å². The third-order valence-corrected chi connectivity index (χ3v) is 3.48. The fourth-order valence-electron chi connectivity index (χ4n) is 1.72. The molecule has 0 saturated heterocycles. The fraction of sp³-hybridized carbons (Fsp3) is 0.500. The molecule has 1 aromatic carbocycles. The van der Waals surface area contributed by atoms with Crippen LogP contribution in [0.5, 0.6) is 5.75 Å². The van der Waals surface area contributed by atoms with Crippen molar-refractivity contribution in [3.05, 3.63) is 28.8 Å². The van der Waals surface area contributed by atoms with Gasteiger partial charge < -0.3 is 14.7 Å². The highest BCUT2D eigenvalue weighted by atomic mass is 35.5. The minimum absolute atomic E-state index is 0.0335. The van der Waals surface area contributed by atoms with Gasteiger partial charge in [0.25, 0.3) is 5.91 Å². The number of carbonyl (C=O) groups is 1. The molecular weight excluding hydrogens is 266 g/mol. The monoisotopic (exact) mass is 283 g/mol. The van der Waals surface area contributed by atoms with E-state index >= 15 is 0 Å². The summed E-state index contributed by atoms with van der Waals surface area (Å²) in [4.78, 5) is 13.7. The second-order valence-corrected chi connectivity index (χ2v) is 5.32. The van der Waals surface area contributed by atoms with Crippen LogP contribution in [-0.2, 0) is 4.74 Å². The van der Waals surface area contributed by atoms with Crippen LogP contribution in [0.4, 0.5) is 0 Å². The number of hydrogen-bond donors (Lipinski definition) is 1. The Kier molecular flexibility index (Phi) is 4.66. The molecule has 0 heterocycles. The standard InChI is InChI=1S/C14H18ClNO3/c1-16(6-7-19-9-10-2-3-10)14(18)12-8-11(17)4-5-13(12)15/h4-5,8,10,17H,2-3,6-7,9H2,1H3. The number of hydrogen-bond acceptors (Lipinski definition) is 3. The highest BCUT2D eigenvalue weighted by molar-refractivity contribution is 6.33. The molecule has 104 valence electrons. The molecule has 1 saturated carbocycles. The van der Waals surface area contributed by atoms with E-state index in [-0.39, 0.29) is 11.7 Å². The Bertz CT molecular complexity index is 460. The molecule has 0 aliphatic heterocycles. The molecule has 0 bridgehead atoms. The molecule has 1 N–H and O–H groups in total. The maximum absolute atomic E-state index is 12.1. The Morgan fingerprint density at radius 3 is 2.95 bits per heavy atom. The van der Waals surface area contributed by atoms with E-state index in [9.17, 15) is 9.90 Å². The zero-order valence-corrected chi connectivity index (χ0v) is 11.7. The van der Waals surface area contributed by atoms with Gasteiger partial charge in [0.05, 0.1) is 17.2 Å². The summed E-state index contributed by atoms with van der Waals surface area (Å²) in [6, 6.07) is 4.35. The lowest BCUT2D eigenvalue weighted by Crippen LogP contribution is -2.30. The Balaban J connectivity index is 1.84. The number of rotatable bonds is 6. The van der Waals surface area contributed by atoms with Crippen LogP contribution in [0.3, 0.4) is 0 Å². The van der Waals surface area contributed by atoms with Crippen LogP contribution in [0, 0.1) is 5.92 Å². The maximum atomic E-state index is 12.1. The van der Waals surface area contributed by atoms with Gasteiger partial charge in [-0.25, -0.2) is 0 Å². The van der Waals surface area contributed by atoms with E-state index in [2.05, 4.69) is 0 Å². The highest BCUT2D eigenvalue weighted by Crippen LogP contribution is 2.28. The van der Waals surface area contributed by atoms with Crippen molar-refractivity contribution >= 4 is 17.5 Å². The van der Waals surface area contributed by atoms with Gasteiger partial charge in [-0.05, 0) is 37.0 Å². The molecule has 1 aromatic rings. The van der Waals surface area contributed by atoms with Gasteiger partial charge in [-0.15, -0.1) is 0 Å². The molecule has 1 aliphatic rings. The van der Waals surface area contributed by atoms with Gasteiger partial charge in [-0.2, -0.15) is 0 Å². The predicted molar refractivity (Wildman–Crippen MR) is 73.6 cm³/mol. The largest absolute Gasteiger partial charge is 0.508 e. The van der Waals surface area contributed by atoms with Gasteiger partial charge in [0.2, 0.25) is 0 Å². The lowest BCUT2D eigenvalue weighted by molar-refractivity contribution is 0.0681. The minimum Gasteiger partial charge on any atom is -0.508 e. The second-order valence-electron chi connectivity index (χ2n) is 4.91. The molecule has 0 radical (unpaired) electrons. The first-order valence-corrected chi connectivity index (χ1v) is 6.77. The summed E-state index contributed by atoms with van der Waals surface area (Å²) in [5, 5.41) is 9.74. The van der Waals surface area contributed by atoms with E-state index in [1.807, 2.05) is 0 Å². The summed E-state index contributed by atoms with van der Waals surface area (Å²) in [6.07, 6.45) is 2.52. The normalized spacial score (nSPS) is 14.4. The van der Waals surface area contributed by atoms with E-state index in [1.165, 1.54) is 31.0 Å². The summed E-state index contributed by atoms with van der Waals surface area (Å²) in [6.45, 7) is 1.82. The third kappa shape index (κ3) is 4.11. The number of aromatic hydroxyl groups is 1. The Hall–Kier alpha value is -1.26. The molecule has 1 fully saturated rings. The number of likely N-dealkylation sites (N-methyl/N-ethyl adjacent to an activating group) is 1. The van der Waals surface area contributed by atoms with Crippen molar-refractivity contribution in [3.63, 3.8) is 0 Å². The third-order valence-electron chi connectivity index (χ3n) is 3.15. The number of ether oxygens (including phenoxy) is 1. The number of nitrogens with zero attached hydrogens (tertiary/aromatic N) is 1. The Labute approximate surface area is 117 Å². The first-order valence-electron chi connectivity index (χ1n) is 6.39. The molecule has 0 aromatic heterocycles. The minimum atomic E-state index is -0.212. The molecular formula is C14H18ClNO3. The number of phenolic OH excluding ortho intramolecular Hbond substituents is 1. The fourth-order valence-corrected chi connectivity index (χ4v) is 1.92. The molecule has 1 aliphatic carbocycles. The van der Waals surface area contributed by atoms with E-state index in [0.717, 1.165) is 12.5 Å². The maximum Gasteiger partial charge on any atom is 0.255 e. The van der Waals surface area contributed by atoms with Crippen molar-refractivity contribution in [1.29, 1.82) is 0 Å². The van der Waals surface area contributed by atoms with Crippen molar-refractivity contribution in [2.75, 3.05) is 26.8 Å². The van der Waals surface area contributed by atoms with Gasteiger partial charge in [-0.3, -0.25) is 4.79 Å². The van der Waals surface area contributed by atoms with Crippen LogP contribution < -0.4 is 0 Å². The smallest absolute Gasteiger partial charge is 0.255 e. The molecule has 19 heavy (non-hydrogen) atoms. The number of amides is 1. The van der Waals surface area contributed by atoms with Crippen molar-refractivity contribution in [3.8, 4) is 5.75 Å². The number of phenols is 1. The summed E-state index contributed by atoms with van der Waals surface area (Å²) < 4.78 is 5.49. The first-order chi connectivity index (χ1) is 9.08. The van der Waals surface area contributed by atoms with Crippen molar-refractivity contribution < 1.29 is 14.6 Å². The van der Waals surface area contributed by atoms with Crippen molar-refractivity contribution in [2.24, 2.45) is 5.92 Å². The van der Waals surface area contributed by atoms with E-state index < -0.39 is 0 Å². The first kappa shape index (κ1) is 14.2. The molecule has 1 amide bonds. The molecule has 0 atom stereocenters. The average Bonchev–Trinajstić information content (AvgIpc) is 3.20. The van der Waals surface area contributed by atoms with E-state index in [1.54, 1.807) is 11.9 Å². The van der Waals surface area contributed by atoms with Crippen molar-refractivity contribution in [2.45, 2.75) is 12.8 Å². The van der Waals surface area contributed by atoms with Crippen LogP contribution >= 0.6 is 11.6 Å². The van der Waals surface area contributed by atoms with Crippen LogP contribution in [0.1, 0.15) is 23.2 Å². The lowest BCUT2D eigenvalue weighted by atomic mass is 10.2. The van der Waals surface area contributed by atoms with Gasteiger partial charge in [-0.1, -0.05) is 11.6 Å². The quantitative estimate of drug-likeness (QED) is 0.816. The Morgan fingerprint density at radius 1 is 1.53 bits per heavy atom. The van der Waals surface area contributed by atoms with Gasteiger partial charge >= 0.3 is 0 Å². The zero-order valence-electron chi connectivity index (χ0n) is 10.9. The lowest BCUT2D eigenvalue weighted by Gasteiger charge is -2.18. The number of benzene rings is 1. The van der Waals surface area contributed by atoms with Crippen molar-refractivity contribution in [1.82, 2.24) is 4.90 Å². The molecule has 4 nitrogen and oxygen atoms in total. The number of carbonyl (C=O) groups excluding carboxylic acids is 1. The second kappa shape index (κ2) is 6.26. The van der Waals surface area contributed by atoms with Crippen LogP contribution in [0.2, 0.25) is 5.02 Å². The van der Waals surface area contributed by atoms with E-state index in [0.29, 0.717) is 23.7 Å². The van der Waals surface area contributed by atoms with Crippen LogP contribution in [-0.4, -0.2) is 42.7 Å². The summed E-state index contributed by atoms with van der Waals surface area (Å²) in [5.41, 5.74) is 0.311. The van der Waals surface area contributed by atoms with Gasteiger partial charge in [0.15, 0.2) is 0 Å². The summed E-state index contributed by atoms with van der Waals surface area (Å²) in [5.74, 6) is 0.545. The molecule has 0 spiro atoms. The number of halogens is 1.